The van der Waals surface area contributed by atoms with E-state index in [1.54, 1.807) is 0 Å². The summed E-state index contributed by atoms with van der Waals surface area (Å²) in [7, 11) is 0. The third-order valence-electron chi connectivity index (χ3n) is 10.3. The van der Waals surface area contributed by atoms with Gasteiger partial charge in [-0.15, -0.1) is 0 Å². The summed E-state index contributed by atoms with van der Waals surface area (Å²) >= 11 is 0. The van der Waals surface area contributed by atoms with E-state index in [9.17, 15) is 0 Å². The SMILES string of the molecule is C=COCCCOCCOc1ccc(C2(c3ccc(OCCOCCCOC=C)c(-c4ccccc4)c3)c3ccccc3-c3ccccc32)cc1-c1ccccc1. The fourth-order valence-electron chi connectivity index (χ4n) is 7.77. The van der Waals surface area contributed by atoms with Crippen LogP contribution in [0.3, 0.4) is 0 Å². The van der Waals surface area contributed by atoms with Crippen LogP contribution in [0.15, 0.2) is 171 Å². The smallest absolute Gasteiger partial charge is 0.127 e. The van der Waals surface area contributed by atoms with Gasteiger partial charge in [0, 0.05) is 37.2 Å². The molecule has 0 amide bonds. The van der Waals surface area contributed by atoms with Crippen molar-refractivity contribution in [1.82, 2.24) is 0 Å². The van der Waals surface area contributed by atoms with Crippen LogP contribution in [0.4, 0.5) is 0 Å². The topological polar surface area (TPSA) is 55.4 Å². The highest BCUT2D eigenvalue weighted by Gasteiger charge is 2.46. The molecule has 0 fully saturated rings. The van der Waals surface area contributed by atoms with Crippen molar-refractivity contribution in [3.05, 3.63) is 194 Å². The molecule has 6 aromatic rings. The lowest BCUT2D eigenvalue weighted by molar-refractivity contribution is 0.0862. The first-order valence-electron chi connectivity index (χ1n) is 19.7. The molecule has 0 radical (unpaired) electrons. The van der Waals surface area contributed by atoms with Gasteiger partial charge in [-0.25, -0.2) is 0 Å². The molecule has 7 rings (SSSR count). The van der Waals surface area contributed by atoms with Crippen molar-refractivity contribution >= 4 is 0 Å². The molecule has 0 bridgehead atoms. The van der Waals surface area contributed by atoms with E-state index in [1.165, 1.54) is 34.8 Å². The normalized spacial score (nSPS) is 12.3. The van der Waals surface area contributed by atoms with E-state index in [1.807, 2.05) is 12.1 Å². The van der Waals surface area contributed by atoms with Gasteiger partial charge >= 0.3 is 0 Å². The maximum Gasteiger partial charge on any atom is 0.127 e. The van der Waals surface area contributed by atoms with Crippen molar-refractivity contribution in [2.24, 2.45) is 0 Å². The summed E-state index contributed by atoms with van der Waals surface area (Å²) < 4.78 is 35.1. The second kappa shape index (κ2) is 19.7. The molecule has 0 saturated carbocycles. The fraction of sp³-hybridized carbons (Fsp3) is 0.216. The molecule has 0 atom stereocenters. The predicted octanol–water partition coefficient (Wildman–Crippen LogP) is 11.3. The summed E-state index contributed by atoms with van der Waals surface area (Å²) in [4.78, 5) is 0. The minimum absolute atomic E-state index is 0.426. The molecule has 6 heteroatoms. The van der Waals surface area contributed by atoms with Gasteiger partial charge in [0.15, 0.2) is 0 Å². The Labute approximate surface area is 336 Å². The van der Waals surface area contributed by atoms with Crippen molar-refractivity contribution < 1.29 is 28.4 Å². The molecule has 0 spiro atoms. The lowest BCUT2D eigenvalue weighted by atomic mass is 9.67. The number of ether oxygens (including phenoxy) is 6. The predicted molar refractivity (Wildman–Crippen MR) is 229 cm³/mol. The zero-order chi connectivity index (χ0) is 39.1. The summed E-state index contributed by atoms with van der Waals surface area (Å²) in [5, 5.41) is 0. The van der Waals surface area contributed by atoms with Crippen molar-refractivity contribution in [2.75, 3.05) is 52.9 Å². The Balaban J connectivity index is 1.30. The molecular weight excluding hydrogens is 709 g/mol. The van der Waals surface area contributed by atoms with Gasteiger partial charge in [0.1, 0.15) is 24.7 Å². The summed E-state index contributed by atoms with van der Waals surface area (Å²) in [6.45, 7) is 11.4. The van der Waals surface area contributed by atoms with Crippen LogP contribution < -0.4 is 9.47 Å². The fourth-order valence-corrected chi connectivity index (χ4v) is 7.77. The average Bonchev–Trinajstić information content (AvgIpc) is 3.57. The van der Waals surface area contributed by atoms with Gasteiger partial charge in [0.25, 0.3) is 0 Å². The van der Waals surface area contributed by atoms with Gasteiger partial charge in [0.05, 0.1) is 44.4 Å². The standard InChI is InChI=1S/C51H50O6/c1-3-52-29-15-31-54-33-35-56-49-27-25-41(37-45(49)39-17-7-5-8-18-39)51(47-23-13-11-21-43(47)44-22-12-14-24-48(44)51)42-26-28-50(46(38-42)40-19-9-6-10-20-40)57-36-34-55-32-16-30-53-4-2/h3-14,17-28,37-38H,1-2,15-16,29-36H2. The second-order valence-electron chi connectivity index (χ2n) is 13.7. The first-order valence-corrected chi connectivity index (χ1v) is 19.7. The van der Waals surface area contributed by atoms with Crippen LogP contribution in [0.5, 0.6) is 11.5 Å². The van der Waals surface area contributed by atoms with Crippen molar-refractivity contribution in [1.29, 1.82) is 0 Å². The molecule has 6 aromatic carbocycles. The van der Waals surface area contributed by atoms with Gasteiger partial charge in [-0.1, -0.05) is 134 Å². The van der Waals surface area contributed by atoms with E-state index >= 15 is 0 Å². The first kappa shape index (κ1) is 39.2. The number of benzene rings is 6. The van der Waals surface area contributed by atoms with Gasteiger partial charge in [-0.05, 0) is 68.8 Å². The molecule has 0 saturated heterocycles. The molecule has 0 aliphatic heterocycles. The quantitative estimate of drug-likeness (QED) is 0.0507. The van der Waals surface area contributed by atoms with E-state index in [0.29, 0.717) is 52.9 Å². The third-order valence-corrected chi connectivity index (χ3v) is 10.3. The monoisotopic (exact) mass is 758 g/mol. The number of hydrogen-bond acceptors (Lipinski definition) is 6. The minimum atomic E-state index is -0.648. The zero-order valence-corrected chi connectivity index (χ0v) is 32.4. The molecule has 0 unspecified atom stereocenters. The highest BCUT2D eigenvalue weighted by Crippen LogP contribution is 2.57. The number of fused-ring (bicyclic) bond motifs is 3. The first-order chi connectivity index (χ1) is 28.3. The summed E-state index contributed by atoms with van der Waals surface area (Å²) in [5.74, 6) is 1.62. The number of rotatable bonds is 22. The van der Waals surface area contributed by atoms with E-state index in [4.69, 9.17) is 28.4 Å². The van der Waals surface area contributed by atoms with Crippen molar-refractivity contribution in [2.45, 2.75) is 18.3 Å². The van der Waals surface area contributed by atoms with Crippen LogP contribution >= 0.6 is 0 Å². The van der Waals surface area contributed by atoms with Crippen LogP contribution in [0.25, 0.3) is 33.4 Å². The third kappa shape index (κ3) is 8.83. The van der Waals surface area contributed by atoms with E-state index in [2.05, 4.69) is 147 Å². The van der Waals surface area contributed by atoms with Crippen molar-refractivity contribution in [3.8, 4) is 44.9 Å². The van der Waals surface area contributed by atoms with Crippen molar-refractivity contribution in [3.63, 3.8) is 0 Å². The van der Waals surface area contributed by atoms with E-state index < -0.39 is 5.41 Å². The molecule has 0 aromatic heterocycles. The Morgan fingerprint density at radius 3 is 1.26 bits per heavy atom. The van der Waals surface area contributed by atoms with E-state index in [0.717, 1.165) is 57.7 Å². The molecule has 57 heavy (non-hydrogen) atoms. The number of hydrogen-bond donors (Lipinski definition) is 0. The summed E-state index contributed by atoms with van der Waals surface area (Å²) in [6, 6.07) is 51.9. The second-order valence-corrected chi connectivity index (χ2v) is 13.7. The maximum absolute atomic E-state index is 6.48. The molecule has 1 aliphatic rings. The average molecular weight is 759 g/mol. The maximum atomic E-state index is 6.48. The Kier molecular flexibility index (Phi) is 13.5. The highest BCUT2D eigenvalue weighted by atomic mass is 16.5. The Morgan fingerprint density at radius 2 is 0.825 bits per heavy atom. The van der Waals surface area contributed by atoms with Gasteiger partial charge < -0.3 is 28.4 Å². The summed E-state index contributed by atoms with van der Waals surface area (Å²) in [5.41, 5.74) is 10.8. The lowest BCUT2D eigenvalue weighted by Gasteiger charge is -2.35. The zero-order valence-electron chi connectivity index (χ0n) is 32.4. The largest absolute Gasteiger partial charge is 0.502 e. The van der Waals surface area contributed by atoms with Crippen LogP contribution in [-0.2, 0) is 24.4 Å². The van der Waals surface area contributed by atoms with E-state index in [-0.39, 0.29) is 0 Å². The van der Waals surface area contributed by atoms with Crippen LogP contribution in [0.2, 0.25) is 0 Å². The molecule has 1 aliphatic carbocycles. The highest BCUT2D eigenvalue weighted by molar-refractivity contribution is 5.88. The lowest BCUT2D eigenvalue weighted by Crippen LogP contribution is -2.29. The molecule has 290 valence electrons. The molecule has 6 nitrogen and oxygen atoms in total. The van der Waals surface area contributed by atoms with Gasteiger partial charge in [-0.3, -0.25) is 0 Å². The molecule has 0 N–H and O–H groups in total. The Hall–Kier alpha value is -6.08. The van der Waals surface area contributed by atoms with Gasteiger partial charge in [-0.2, -0.15) is 0 Å². The summed E-state index contributed by atoms with van der Waals surface area (Å²) in [6.07, 6.45) is 4.50. The van der Waals surface area contributed by atoms with Crippen LogP contribution in [0.1, 0.15) is 35.1 Å². The van der Waals surface area contributed by atoms with Gasteiger partial charge in [0.2, 0.25) is 0 Å². The minimum Gasteiger partial charge on any atom is -0.502 e. The van der Waals surface area contributed by atoms with Crippen LogP contribution in [0, 0.1) is 0 Å². The Bertz CT molecular complexity index is 2050. The molecular formula is C51H50O6. The molecule has 0 heterocycles. The van der Waals surface area contributed by atoms with Crippen LogP contribution in [-0.4, -0.2) is 52.9 Å². The Morgan fingerprint density at radius 1 is 0.404 bits per heavy atom.